The Hall–Kier alpha value is -0.440. The summed E-state index contributed by atoms with van der Waals surface area (Å²) in [6.07, 6.45) is 3.87. The summed E-state index contributed by atoms with van der Waals surface area (Å²) in [6.45, 7) is 2.15. The number of thioether (sulfide) groups is 1. The lowest BCUT2D eigenvalue weighted by Crippen LogP contribution is -1.86. The molecule has 0 saturated carbocycles. The highest BCUT2D eigenvalue weighted by Gasteiger charge is 2.01. The van der Waals surface area contributed by atoms with Gasteiger partial charge in [-0.2, -0.15) is 16.9 Å². The Morgan fingerprint density at radius 3 is 3.00 bits per heavy atom. The molecule has 0 bridgehead atoms. The van der Waals surface area contributed by atoms with Gasteiger partial charge in [0, 0.05) is 17.1 Å². The van der Waals surface area contributed by atoms with Crippen molar-refractivity contribution in [3.63, 3.8) is 0 Å². The molecule has 0 aromatic carbocycles. The van der Waals surface area contributed by atoms with Gasteiger partial charge in [0.2, 0.25) is 0 Å². The van der Waals surface area contributed by atoms with Crippen LogP contribution in [0.1, 0.15) is 17.9 Å². The van der Waals surface area contributed by atoms with E-state index in [1.165, 1.54) is 5.69 Å². The molecular weight excluding hydrogens is 132 g/mol. The Labute approximate surface area is 59.0 Å². The van der Waals surface area contributed by atoms with Gasteiger partial charge in [0.05, 0.1) is 0 Å². The lowest BCUT2D eigenvalue weighted by molar-refractivity contribution is 0.959. The van der Waals surface area contributed by atoms with Crippen LogP contribution in [0.3, 0.4) is 0 Å². The van der Waals surface area contributed by atoms with Gasteiger partial charge in [-0.1, -0.05) is 0 Å². The van der Waals surface area contributed by atoms with Crippen molar-refractivity contribution in [2.75, 3.05) is 6.26 Å². The van der Waals surface area contributed by atoms with Crippen LogP contribution in [0.2, 0.25) is 0 Å². The summed E-state index contributed by atoms with van der Waals surface area (Å²) >= 11 is 1.81. The second-order valence-electron chi connectivity index (χ2n) is 1.89. The van der Waals surface area contributed by atoms with Crippen molar-refractivity contribution in [3.8, 4) is 0 Å². The molecule has 1 aromatic rings. The summed E-state index contributed by atoms with van der Waals surface area (Å²) in [6, 6.07) is 2.00. The second-order valence-corrected chi connectivity index (χ2v) is 3.07. The first-order valence-corrected chi connectivity index (χ1v) is 4.15. The van der Waals surface area contributed by atoms with Gasteiger partial charge in [-0.05, 0) is 19.2 Å². The Morgan fingerprint density at radius 2 is 2.56 bits per heavy atom. The molecule has 0 fully saturated rings. The summed E-state index contributed by atoms with van der Waals surface area (Å²) in [5.41, 5.74) is 1.20. The maximum Gasteiger partial charge on any atom is 0.0490 e. The lowest BCUT2D eigenvalue weighted by atomic mass is 10.3. The van der Waals surface area contributed by atoms with E-state index >= 15 is 0 Å². The van der Waals surface area contributed by atoms with E-state index in [0.717, 1.165) is 0 Å². The number of aromatic nitrogens is 2. The third-order valence-electron chi connectivity index (χ3n) is 1.31. The van der Waals surface area contributed by atoms with Gasteiger partial charge in [-0.25, -0.2) is 0 Å². The van der Waals surface area contributed by atoms with Gasteiger partial charge in [0.25, 0.3) is 0 Å². The van der Waals surface area contributed by atoms with E-state index in [4.69, 9.17) is 0 Å². The Bertz CT molecular complexity index is 160. The van der Waals surface area contributed by atoms with Gasteiger partial charge in [-0.15, -0.1) is 0 Å². The van der Waals surface area contributed by atoms with E-state index in [0.29, 0.717) is 5.25 Å². The van der Waals surface area contributed by atoms with Gasteiger partial charge in [0.1, 0.15) is 0 Å². The molecule has 0 radical (unpaired) electrons. The predicted molar refractivity (Wildman–Crippen MR) is 40.5 cm³/mol. The molecule has 1 atom stereocenters. The van der Waals surface area contributed by atoms with Crippen molar-refractivity contribution in [2.45, 2.75) is 12.2 Å². The zero-order chi connectivity index (χ0) is 6.69. The topological polar surface area (TPSA) is 28.7 Å². The third kappa shape index (κ3) is 1.48. The fraction of sp³-hybridized carbons (Fsp3) is 0.500. The van der Waals surface area contributed by atoms with Crippen LogP contribution in [0, 0.1) is 0 Å². The van der Waals surface area contributed by atoms with Crippen molar-refractivity contribution in [2.24, 2.45) is 0 Å². The van der Waals surface area contributed by atoms with Crippen LogP contribution >= 0.6 is 11.8 Å². The van der Waals surface area contributed by atoms with Crippen LogP contribution in [0.5, 0.6) is 0 Å². The third-order valence-corrected chi connectivity index (χ3v) is 2.27. The molecule has 0 spiro atoms. The van der Waals surface area contributed by atoms with Crippen LogP contribution in [0.15, 0.2) is 12.3 Å². The summed E-state index contributed by atoms with van der Waals surface area (Å²) < 4.78 is 0. The molecule has 1 rings (SSSR count). The number of H-pyrrole nitrogens is 1. The molecule has 2 nitrogen and oxygen atoms in total. The molecular formula is C6H10N2S. The molecule has 50 valence electrons. The predicted octanol–water partition coefficient (Wildman–Crippen LogP) is 1.83. The number of hydrogen-bond donors (Lipinski definition) is 1. The Balaban J connectivity index is 2.65. The molecule has 1 N–H and O–H groups in total. The van der Waals surface area contributed by atoms with E-state index in [1.807, 2.05) is 17.8 Å². The van der Waals surface area contributed by atoms with Gasteiger partial charge in [0.15, 0.2) is 0 Å². The van der Waals surface area contributed by atoms with E-state index in [-0.39, 0.29) is 0 Å². The SMILES string of the molecule is CSC(C)c1ccn[nH]1. The zero-order valence-corrected chi connectivity index (χ0v) is 6.40. The number of aromatic amines is 1. The molecule has 0 aliphatic heterocycles. The monoisotopic (exact) mass is 142 g/mol. The lowest BCUT2D eigenvalue weighted by Gasteiger charge is -2.01. The largest absolute Gasteiger partial charge is 0.281 e. The zero-order valence-electron chi connectivity index (χ0n) is 5.59. The van der Waals surface area contributed by atoms with Crippen molar-refractivity contribution in [1.82, 2.24) is 10.2 Å². The van der Waals surface area contributed by atoms with Gasteiger partial charge in [-0.3, -0.25) is 5.10 Å². The Kier molecular flexibility index (Phi) is 2.16. The fourth-order valence-corrected chi connectivity index (χ4v) is 1.01. The molecule has 3 heteroatoms. The molecule has 1 heterocycles. The van der Waals surface area contributed by atoms with Crippen molar-refractivity contribution in [3.05, 3.63) is 18.0 Å². The summed E-state index contributed by atoms with van der Waals surface area (Å²) in [7, 11) is 0. The maximum atomic E-state index is 3.85. The van der Waals surface area contributed by atoms with E-state index in [1.54, 1.807) is 6.20 Å². The molecule has 0 amide bonds. The average molecular weight is 142 g/mol. The number of nitrogens with one attached hydrogen (secondary N) is 1. The average Bonchev–Trinajstić information content (AvgIpc) is 2.37. The normalized spacial score (nSPS) is 13.6. The summed E-state index contributed by atoms with van der Waals surface area (Å²) in [4.78, 5) is 0. The number of hydrogen-bond acceptors (Lipinski definition) is 2. The van der Waals surface area contributed by atoms with Crippen molar-refractivity contribution in [1.29, 1.82) is 0 Å². The maximum absolute atomic E-state index is 3.85. The van der Waals surface area contributed by atoms with Crippen LogP contribution in [-0.4, -0.2) is 16.5 Å². The highest BCUT2D eigenvalue weighted by atomic mass is 32.2. The number of rotatable bonds is 2. The standard InChI is InChI=1S/C6H10N2S/c1-5(9-2)6-3-4-7-8-6/h3-5H,1-2H3,(H,7,8). The highest BCUT2D eigenvalue weighted by molar-refractivity contribution is 7.98. The van der Waals surface area contributed by atoms with Crippen molar-refractivity contribution < 1.29 is 0 Å². The summed E-state index contributed by atoms with van der Waals surface area (Å²) in [5, 5.41) is 7.30. The minimum atomic E-state index is 0.535. The van der Waals surface area contributed by atoms with Crippen LogP contribution in [0.4, 0.5) is 0 Å². The minimum absolute atomic E-state index is 0.535. The minimum Gasteiger partial charge on any atom is -0.281 e. The molecule has 0 aliphatic carbocycles. The van der Waals surface area contributed by atoms with Gasteiger partial charge >= 0.3 is 0 Å². The van der Waals surface area contributed by atoms with E-state index < -0.39 is 0 Å². The second kappa shape index (κ2) is 2.92. The van der Waals surface area contributed by atoms with Crippen LogP contribution < -0.4 is 0 Å². The quantitative estimate of drug-likeness (QED) is 0.682. The number of nitrogens with zero attached hydrogens (tertiary/aromatic N) is 1. The van der Waals surface area contributed by atoms with E-state index in [9.17, 15) is 0 Å². The van der Waals surface area contributed by atoms with Crippen LogP contribution in [0.25, 0.3) is 0 Å². The van der Waals surface area contributed by atoms with Crippen LogP contribution in [-0.2, 0) is 0 Å². The smallest absolute Gasteiger partial charge is 0.0490 e. The van der Waals surface area contributed by atoms with Crippen molar-refractivity contribution >= 4 is 11.8 Å². The fourth-order valence-electron chi connectivity index (χ4n) is 0.620. The first kappa shape index (κ1) is 6.68. The highest BCUT2D eigenvalue weighted by Crippen LogP contribution is 2.22. The molecule has 1 unspecified atom stereocenters. The first-order chi connectivity index (χ1) is 4.34. The molecule has 0 saturated heterocycles. The molecule has 1 aromatic heterocycles. The molecule has 9 heavy (non-hydrogen) atoms. The van der Waals surface area contributed by atoms with Gasteiger partial charge < -0.3 is 0 Å². The van der Waals surface area contributed by atoms with E-state index in [2.05, 4.69) is 23.4 Å². The molecule has 0 aliphatic rings. The Morgan fingerprint density at radius 1 is 1.78 bits per heavy atom. The first-order valence-electron chi connectivity index (χ1n) is 2.86. The summed E-state index contributed by atoms with van der Waals surface area (Å²) in [5.74, 6) is 0.